The van der Waals surface area contributed by atoms with Crippen molar-refractivity contribution >= 4 is 33.2 Å². The molecule has 6 nitrogen and oxygen atoms in total. The lowest BCUT2D eigenvalue weighted by molar-refractivity contribution is 0.318. The van der Waals surface area contributed by atoms with Crippen LogP contribution in [0.3, 0.4) is 0 Å². The summed E-state index contributed by atoms with van der Waals surface area (Å²) in [5.41, 5.74) is -0.245. The molecular formula is C14H17Cl2N3O3S. The van der Waals surface area contributed by atoms with Gasteiger partial charge in [0.1, 0.15) is 0 Å². The van der Waals surface area contributed by atoms with Crippen molar-refractivity contribution in [3.63, 3.8) is 0 Å². The molecule has 126 valence electrons. The van der Waals surface area contributed by atoms with Gasteiger partial charge in [0.25, 0.3) is 0 Å². The second kappa shape index (κ2) is 6.76. The normalized spacial score (nSPS) is 12.6. The molecule has 1 heterocycles. The van der Waals surface area contributed by atoms with Crippen LogP contribution in [-0.4, -0.2) is 25.1 Å². The number of nitrogens with zero attached hydrogens (tertiary/aromatic N) is 2. The topological polar surface area (TPSA) is 85.1 Å². The molecule has 0 radical (unpaired) electrons. The maximum atomic E-state index is 12.2. The van der Waals surface area contributed by atoms with Crippen LogP contribution in [0.1, 0.15) is 32.5 Å². The first kappa shape index (κ1) is 18.2. The van der Waals surface area contributed by atoms with Crippen LogP contribution in [0.2, 0.25) is 10.0 Å². The van der Waals surface area contributed by atoms with Crippen LogP contribution in [-0.2, 0) is 21.9 Å². The molecule has 0 aliphatic carbocycles. The molecule has 0 unspecified atom stereocenters. The Balaban J connectivity index is 2.00. The molecule has 1 aromatic carbocycles. The van der Waals surface area contributed by atoms with Gasteiger partial charge in [-0.2, -0.15) is 4.98 Å². The van der Waals surface area contributed by atoms with Crippen molar-refractivity contribution in [1.29, 1.82) is 0 Å². The van der Waals surface area contributed by atoms with E-state index in [0.29, 0.717) is 23.2 Å². The Morgan fingerprint density at radius 3 is 2.48 bits per heavy atom. The summed E-state index contributed by atoms with van der Waals surface area (Å²) in [4.78, 5) is 4.30. The van der Waals surface area contributed by atoms with Gasteiger partial charge in [0.2, 0.25) is 15.9 Å². The van der Waals surface area contributed by atoms with Crippen LogP contribution in [0.25, 0.3) is 0 Å². The summed E-state index contributed by atoms with van der Waals surface area (Å²) in [5.74, 6) is 0.964. The zero-order valence-electron chi connectivity index (χ0n) is 12.9. The van der Waals surface area contributed by atoms with Crippen LogP contribution >= 0.6 is 23.2 Å². The molecule has 0 saturated heterocycles. The average Bonchev–Trinajstić information content (AvgIpc) is 2.90. The first-order valence-corrected chi connectivity index (χ1v) is 9.11. The Labute approximate surface area is 145 Å². The molecule has 0 saturated carbocycles. The summed E-state index contributed by atoms with van der Waals surface area (Å²) in [6.07, 6.45) is 0.320. The molecule has 9 heteroatoms. The van der Waals surface area contributed by atoms with Crippen molar-refractivity contribution in [2.75, 3.05) is 6.54 Å². The van der Waals surface area contributed by atoms with Crippen molar-refractivity contribution in [3.8, 4) is 0 Å². The van der Waals surface area contributed by atoms with Crippen molar-refractivity contribution < 1.29 is 12.9 Å². The number of aromatic nitrogens is 2. The van der Waals surface area contributed by atoms with E-state index in [-0.39, 0.29) is 21.9 Å². The van der Waals surface area contributed by atoms with Crippen LogP contribution in [0, 0.1) is 0 Å². The molecule has 0 aliphatic heterocycles. The molecule has 23 heavy (non-hydrogen) atoms. The minimum absolute atomic E-state index is 0.0513. The van der Waals surface area contributed by atoms with Crippen molar-refractivity contribution in [2.24, 2.45) is 0 Å². The maximum absolute atomic E-state index is 12.2. The smallest absolute Gasteiger partial charge is 0.240 e. The number of hydrogen-bond acceptors (Lipinski definition) is 5. The Morgan fingerprint density at radius 2 is 1.91 bits per heavy atom. The van der Waals surface area contributed by atoms with Gasteiger partial charge in [-0.25, -0.2) is 13.1 Å². The van der Waals surface area contributed by atoms with Crippen LogP contribution in [0.15, 0.2) is 27.6 Å². The van der Waals surface area contributed by atoms with Gasteiger partial charge in [0.15, 0.2) is 5.82 Å². The second-order valence-corrected chi connectivity index (χ2v) is 8.57. The quantitative estimate of drug-likeness (QED) is 0.864. The molecule has 0 atom stereocenters. The molecule has 2 rings (SSSR count). The molecular weight excluding hydrogens is 361 g/mol. The first-order valence-electron chi connectivity index (χ1n) is 6.87. The van der Waals surface area contributed by atoms with Gasteiger partial charge in [-0.1, -0.05) is 49.1 Å². The zero-order valence-corrected chi connectivity index (χ0v) is 15.3. The zero-order chi connectivity index (χ0) is 17.3. The van der Waals surface area contributed by atoms with E-state index in [0.717, 1.165) is 0 Å². The highest BCUT2D eigenvalue weighted by molar-refractivity contribution is 7.89. The fourth-order valence-electron chi connectivity index (χ4n) is 1.68. The third-order valence-electron chi connectivity index (χ3n) is 2.95. The van der Waals surface area contributed by atoms with Crippen molar-refractivity contribution in [2.45, 2.75) is 37.5 Å². The monoisotopic (exact) mass is 377 g/mol. The predicted octanol–water partition coefficient (Wildman–Crippen LogP) is 3.19. The fraction of sp³-hybridized carbons (Fsp3) is 0.429. The highest BCUT2D eigenvalue weighted by atomic mass is 35.5. The summed E-state index contributed by atoms with van der Waals surface area (Å²) in [7, 11) is -3.67. The summed E-state index contributed by atoms with van der Waals surface area (Å²) < 4.78 is 32.0. The molecule has 2 aromatic rings. The SMILES string of the molecule is CC(C)(C)c1nc(CCNS(=O)(=O)c2ccc(Cl)c(Cl)c2)no1. The van der Waals surface area contributed by atoms with Gasteiger partial charge in [-0.05, 0) is 18.2 Å². The van der Waals surface area contributed by atoms with Gasteiger partial charge in [0.05, 0.1) is 14.9 Å². The minimum Gasteiger partial charge on any atom is -0.339 e. The van der Waals surface area contributed by atoms with E-state index in [1.807, 2.05) is 20.8 Å². The van der Waals surface area contributed by atoms with E-state index < -0.39 is 10.0 Å². The van der Waals surface area contributed by atoms with Gasteiger partial charge in [-0.3, -0.25) is 0 Å². The fourth-order valence-corrected chi connectivity index (χ4v) is 3.11. The highest BCUT2D eigenvalue weighted by Gasteiger charge is 2.22. The van der Waals surface area contributed by atoms with E-state index >= 15 is 0 Å². The number of hydrogen-bond donors (Lipinski definition) is 1. The third kappa shape index (κ3) is 4.67. The largest absolute Gasteiger partial charge is 0.339 e. The van der Waals surface area contributed by atoms with E-state index in [9.17, 15) is 8.42 Å². The van der Waals surface area contributed by atoms with Gasteiger partial charge in [0, 0.05) is 18.4 Å². The van der Waals surface area contributed by atoms with Crippen molar-refractivity contribution in [3.05, 3.63) is 40.0 Å². The summed E-state index contributed by atoms with van der Waals surface area (Å²) in [6, 6.07) is 4.13. The predicted molar refractivity (Wildman–Crippen MR) is 88.4 cm³/mol. The van der Waals surface area contributed by atoms with Crippen LogP contribution in [0.4, 0.5) is 0 Å². The van der Waals surface area contributed by atoms with E-state index in [2.05, 4.69) is 14.9 Å². The Hall–Kier alpha value is -1.15. The molecule has 1 N–H and O–H groups in total. The second-order valence-electron chi connectivity index (χ2n) is 5.99. The molecule has 0 bridgehead atoms. The van der Waals surface area contributed by atoms with E-state index in [4.69, 9.17) is 27.7 Å². The Kier molecular flexibility index (Phi) is 5.35. The number of nitrogens with one attached hydrogen (secondary N) is 1. The number of rotatable bonds is 5. The molecule has 1 aromatic heterocycles. The number of benzene rings is 1. The third-order valence-corrected chi connectivity index (χ3v) is 5.15. The molecule has 0 spiro atoms. The molecule has 0 aliphatic rings. The van der Waals surface area contributed by atoms with Crippen LogP contribution < -0.4 is 4.72 Å². The Bertz CT molecular complexity index is 798. The highest BCUT2D eigenvalue weighted by Crippen LogP contribution is 2.24. The molecule has 0 amide bonds. The van der Waals surface area contributed by atoms with Gasteiger partial charge in [-0.15, -0.1) is 0 Å². The van der Waals surface area contributed by atoms with Crippen LogP contribution in [0.5, 0.6) is 0 Å². The maximum Gasteiger partial charge on any atom is 0.240 e. The van der Waals surface area contributed by atoms with E-state index in [1.54, 1.807) is 0 Å². The minimum atomic E-state index is -3.67. The summed E-state index contributed by atoms with van der Waals surface area (Å²) >= 11 is 11.6. The van der Waals surface area contributed by atoms with Crippen molar-refractivity contribution in [1.82, 2.24) is 14.9 Å². The first-order chi connectivity index (χ1) is 10.6. The summed E-state index contributed by atoms with van der Waals surface area (Å²) in [5, 5.41) is 4.32. The van der Waals surface area contributed by atoms with Gasteiger partial charge < -0.3 is 4.52 Å². The number of sulfonamides is 1. The van der Waals surface area contributed by atoms with Gasteiger partial charge >= 0.3 is 0 Å². The lowest BCUT2D eigenvalue weighted by Crippen LogP contribution is -2.26. The molecule has 0 fully saturated rings. The number of halogens is 2. The summed E-state index contributed by atoms with van der Waals surface area (Å²) in [6.45, 7) is 6.01. The Morgan fingerprint density at radius 1 is 1.22 bits per heavy atom. The average molecular weight is 378 g/mol. The lowest BCUT2D eigenvalue weighted by atomic mass is 9.97. The van der Waals surface area contributed by atoms with E-state index in [1.165, 1.54) is 18.2 Å². The standard InChI is InChI=1S/C14H17Cl2N3O3S/c1-14(2,3)13-18-12(19-22-13)6-7-17-23(20,21)9-4-5-10(15)11(16)8-9/h4-5,8,17H,6-7H2,1-3H3. The lowest BCUT2D eigenvalue weighted by Gasteiger charge is -2.10.